The van der Waals surface area contributed by atoms with Crippen LogP contribution in [0, 0.1) is 0 Å². The molecule has 0 spiro atoms. The fourth-order valence-electron chi connectivity index (χ4n) is 2.32. The standard InChI is InChI=1S/C14H17N3/c1-2-5-13-11-16-14(10-12(13)4-1)17-8-3-6-15-7-9-17/h1-2,4-5,10-11,15H,3,6-9H2. The summed E-state index contributed by atoms with van der Waals surface area (Å²) in [7, 11) is 0. The van der Waals surface area contributed by atoms with Crippen molar-refractivity contribution in [3.63, 3.8) is 0 Å². The van der Waals surface area contributed by atoms with Gasteiger partial charge in [-0.1, -0.05) is 24.3 Å². The second-order valence-electron chi connectivity index (χ2n) is 4.48. The highest BCUT2D eigenvalue weighted by atomic mass is 15.2. The number of anilines is 1. The molecule has 1 aliphatic heterocycles. The summed E-state index contributed by atoms with van der Waals surface area (Å²) in [6, 6.07) is 10.6. The van der Waals surface area contributed by atoms with E-state index < -0.39 is 0 Å². The van der Waals surface area contributed by atoms with Crippen molar-refractivity contribution < 1.29 is 0 Å². The zero-order valence-corrected chi connectivity index (χ0v) is 9.89. The lowest BCUT2D eigenvalue weighted by Gasteiger charge is -2.21. The zero-order valence-electron chi connectivity index (χ0n) is 9.89. The molecular formula is C14H17N3. The fraction of sp³-hybridized carbons (Fsp3) is 0.357. The van der Waals surface area contributed by atoms with Gasteiger partial charge in [0.05, 0.1) is 0 Å². The number of nitrogens with zero attached hydrogens (tertiary/aromatic N) is 2. The normalized spacial score (nSPS) is 17.1. The molecule has 88 valence electrons. The Bertz CT molecular complexity index is 502. The van der Waals surface area contributed by atoms with E-state index in [2.05, 4.69) is 45.5 Å². The predicted octanol–water partition coefficient (Wildman–Crippen LogP) is 2.03. The molecule has 0 bridgehead atoms. The number of fused-ring (bicyclic) bond motifs is 1. The number of hydrogen-bond donors (Lipinski definition) is 1. The Hall–Kier alpha value is -1.61. The molecule has 1 N–H and O–H groups in total. The molecular weight excluding hydrogens is 210 g/mol. The highest BCUT2D eigenvalue weighted by Crippen LogP contribution is 2.19. The quantitative estimate of drug-likeness (QED) is 0.808. The van der Waals surface area contributed by atoms with E-state index in [1.165, 1.54) is 17.2 Å². The maximum absolute atomic E-state index is 4.57. The van der Waals surface area contributed by atoms with E-state index in [-0.39, 0.29) is 0 Å². The van der Waals surface area contributed by atoms with E-state index in [1.807, 2.05) is 6.20 Å². The molecule has 0 saturated carbocycles. The molecule has 0 amide bonds. The van der Waals surface area contributed by atoms with Gasteiger partial charge in [0.25, 0.3) is 0 Å². The molecule has 0 unspecified atom stereocenters. The molecule has 2 aromatic rings. The predicted molar refractivity (Wildman–Crippen MR) is 71.4 cm³/mol. The van der Waals surface area contributed by atoms with Crippen LogP contribution in [0.5, 0.6) is 0 Å². The third-order valence-electron chi connectivity index (χ3n) is 3.28. The third-order valence-corrected chi connectivity index (χ3v) is 3.28. The first-order valence-electron chi connectivity index (χ1n) is 6.24. The largest absolute Gasteiger partial charge is 0.355 e. The number of hydrogen-bond acceptors (Lipinski definition) is 3. The van der Waals surface area contributed by atoms with Gasteiger partial charge >= 0.3 is 0 Å². The summed E-state index contributed by atoms with van der Waals surface area (Å²) in [6.45, 7) is 4.31. The minimum atomic E-state index is 1.05. The zero-order chi connectivity index (χ0) is 11.5. The van der Waals surface area contributed by atoms with Gasteiger partial charge in [0.1, 0.15) is 5.82 Å². The third kappa shape index (κ3) is 2.24. The Morgan fingerprint density at radius 1 is 1.06 bits per heavy atom. The van der Waals surface area contributed by atoms with Crippen LogP contribution in [0.4, 0.5) is 5.82 Å². The number of pyridine rings is 1. The molecule has 1 aromatic heterocycles. The van der Waals surface area contributed by atoms with Crippen LogP contribution in [0.2, 0.25) is 0 Å². The van der Waals surface area contributed by atoms with Gasteiger partial charge in [-0.2, -0.15) is 0 Å². The van der Waals surface area contributed by atoms with Crippen LogP contribution in [0.1, 0.15) is 6.42 Å². The van der Waals surface area contributed by atoms with Crippen LogP contribution >= 0.6 is 0 Å². The van der Waals surface area contributed by atoms with Gasteiger partial charge in [-0.15, -0.1) is 0 Å². The summed E-state index contributed by atoms with van der Waals surface area (Å²) < 4.78 is 0. The molecule has 3 nitrogen and oxygen atoms in total. The molecule has 0 atom stereocenters. The molecule has 0 radical (unpaired) electrons. The SMILES string of the molecule is c1ccc2cc(N3CCCNCC3)ncc2c1. The molecule has 1 fully saturated rings. The topological polar surface area (TPSA) is 28.2 Å². The van der Waals surface area contributed by atoms with E-state index >= 15 is 0 Å². The average molecular weight is 227 g/mol. The molecule has 0 aliphatic carbocycles. The molecule has 1 aromatic carbocycles. The van der Waals surface area contributed by atoms with Crippen LogP contribution in [0.25, 0.3) is 10.8 Å². The number of rotatable bonds is 1. The smallest absolute Gasteiger partial charge is 0.129 e. The van der Waals surface area contributed by atoms with Crippen molar-refractivity contribution in [1.29, 1.82) is 0 Å². The lowest BCUT2D eigenvalue weighted by molar-refractivity contribution is 0.724. The van der Waals surface area contributed by atoms with E-state index in [1.54, 1.807) is 0 Å². The lowest BCUT2D eigenvalue weighted by atomic mass is 10.2. The van der Waals surface area contributed by atoms with E-state index in [4.69, 9.17) is 0 Å². The van der Waals surface area contributed by atoms with Gasteiger partial charge in [-0.25, -0.2) is 4.98 Å². The summed E-state index contributed by atoms with van der Waals surface area (Å²) in [4.78, 5) is 6.94. The monoisotopic (exact) mass is 227 g/mol. The van der Waals surface area contributed by atoms with Gasteiger partial charge in [0, 0.05) is 31.2 Å². The van der Waals surface area contributed by atoms with E-state index in [0.29, 0.717) is 0 Å². The van der Waals surface area contributed by atoms with Crippen molar-refractivity contribution in [2.45, 2.75) is 6.42 Å². The summed E-state index contributed by atoms with van der Waals surface area (Å²) in [5.74, 6) is 1.10. The first-order chi connectivity index (χ1) is 8.43. The van der Waals surface area contributed by atoms with E-state index in [0.717, 1.165) is 32.0 Å². The van der Waals surface area contributed by atoms with Crippen LogP contribution < -0.4 is 10.2 Å². The molecule has 1 aliphatic rings. The fourth-order valence-corrected chi connectivity index (χ4v) is 2.32. The maximum Gasteiger partial charge on any atom is 0.129 e. The number of benzene rings is 1. The highest BCUT2D eigenvalue weighted by Gasteiger charge is 2.10. The first kappa shape index (κ1) is 10.5. The highest BCUT2D eigenvalue weighted by molar-refractivity contribution is 5.83. The first-order valence-corrected chi connectivity index (χ1v) is 6.24. The Morgan fingerprint density at radius 3 is 2.88 bits per heavy atom. The molecule has 2 heterocycles. The second-order valence-corrected chi connectivity index (χ2v) is 4.48. The summed E-state index contributed by atoms with van der Waals surface area (Å²) in [5, 5.41) is 5.90. The van der Waals surface area contributed by atoms with Gasteiger partial charge in [0.2, 0.25) is 0 Å². The van der Waals surface area contributed by atoms with Crippen molar-refractivity contribution in [1.82, 2.24) is 10.3 Å². The van der Waals surface area contributed by atoms with Crippen molar-refractivity contribution in [2.24, 2.45) is 0 Å². The van der Waals surface area contributed by atoms with Crippen LogP contribution in [-0.4, -0.2) is 31.2 Å². The van der Waals surface area contributed by atoms with Gasteiger partial charge in [0.15, 0.2) is 0 Å². The molecule has 17 heavy (non-hydrogen) atoms. The Kier molecular flexibility index (Phi) is 2.92. The van der Waals surface area contributed by atoms with Crippen molar-refractivity contribution in [2.75, 3.05) is 31.1 Å². The summed E-state index contributed by atoms with van der Waals surface area (Å²) in [5.41, 5.74) is 0. The molecule has 3 rings (SSSR count). The van der Waals surface area contributed by atoms with Gasteiger partial charge < -0.3 is 10.2 Å². The van der Waals surface area contributed by atoms with Crippen molar-refractivity contribution >= 4 is 16.6 Å². The van der Waals surface area contributed by atoms with Gasteiger partial charge in [-0.3, -0.25) is 0 Å². The Balaban J connectivity index is 1.93. The van der Waals surface area contributed by atoms with E-state index in [9.17, 15) is 0 Å². The molecule has 1 saturated heterocycles. The van der Waals surface area contributed by atoms with Crippen LogP contribution in [0.3, 0.4) is 0 Å². The Morgan fingerprint density at radius 2 is 1.94 bits per heavy atom. The summed E-state index contributed by atoms with van der Waals surface area (Å²) in [6.07, 6.45) is 3.16. The second kappa shape index (κ2) is 4.72. The minimum absolute atomic E-state index is 1.05. The maximum atomic E-state index is 4.57. The minimum Gasteiger partial charge on any atom is -0.355 e. The number of nitrogens with one attached hydrogen (secondary N) is 1. The van der Waals surface area contributed by atoms with Crippen LogP contribution in [0.15, 0.2) is 36.5 Å². The molecule has 3 heteroatoms. The van der Waals surface area contributed by atoms with Gasteiger partial charge in [-0.05, 0) is 24.4 Å². The van der Waals surface area contributed by atoms with Crippen molar-refractivity contribution in [3.05, 3.63) is 36.5 Å². The average Bonchev–Trinajstić information content (AvgIpc) is 2.67. The number of aromatic nitrogens is 1. The van der Waals surface area contributed by atoms with Crippen molar-refractivity contribution in [3.8, 4) is 0 Å². The lowest BCUT2D eigenvalue weighted by Crippen LogP contribution is -2.28. The Labute approximate surface area is 101 Å². The summed E-state index contributed by atoms with van der Waals surface area (Å²) >= 11 is 0. The van der Waals surface area contributed by atoms with Crippen LogP contribution in [-0.2, 0) is 0 Å².